The Morgan fingerprint density at radius 1 is 1.33 bits per heavy atom. The number of hydrogen-bond acceptors (Lipinski definition) is 3. The average Bonchev–Trinajstić information content (AvgIpc) is 2.50. The van der Waals surface area contributed by atoms with E-state index in [0.29, 0.717) is 24.3 Å². The van der Waals surface area contributed by atoms with E-state index in [1.165, 1.54) is 25.7 Å². The largest absolute Gasteiger partial charge is 0.355 e. The van der Waals surface area contributed by atoms with Crippen LogP contribution < -0.4 is 10.6 Å². The average molecular weight is 297 g/mol. The number of carbonyl (C=O) groups excluding carboxylic acids is 1. The molecule has 0 aromatic heterocycles. The van der Waals surface area contributed by atoms with Crippen molar-refractivity contribution < 1.29 is 4.79 Å². The smallest absolute Gasteiger partial charge is 0.220 e. The minimum atomic E-state index is 0.221. The fourth-order valence-corrected chi connectivity index (χ4v) is 3.42. The summed E-state index contributed by atoms with van der Waals surface area (Å²) in [5.74, 6) is 1.56. The van der Waals surface area contributed by atoms with E-state index in [1.807, 2.05) is 0 Å². The monoisotopic (exact) mass is 297 g/mol. The van der Waals surface area contributed by atoms with Gasteiger partial charge in [0.1, 0.15) is 0 Å². The molecule has 1 amide bonds. The van der Waals surface area contributed by atoms with Gasteiger partial charge in [0, 0.05) is 19.0 Å². The first-order valence-electron chi connectivity index (χ1n) is 8.72. The molecule has 0 saturated carbocycles. The van der Waals surface area contributed by atoms with E-state index in [1.54, 1.807) is 0 Å². The van der Waals surface area contributed by atoms with Gasteiger partial charge in [0.05, 0.1) is 0 Å². The van der Waals surface area contributed by atoms with Crippen molar-refractivity contribution >= 4 is 5.91 Å². The van der Waals surface area contributed by atoms with Crippen LogP contribution in [-0.4, -0.2) is 50.6 Å². The summed E-state index contributed by atoms with van der Waals surface area (Å²) in [7, 11) is 4.23. The minimum Gasteiger partial charge on any atom is -0.355 e. The van der Waals surface area contributed by atoms with Crippen LogP contribution in [0.5, 0.6) is 0 Å². The number of hydrogen-bond donors (Lipinski definition) is 2. The van der Waals surface area contributed by atoms with Crippen molar-refractivity contribution in [3.63, 3.8) is 0 Å². The Morgan fingerprint density at radius 3 is 2.57 bits per heavy atom. The molecule has 2 unspecified atom stereocenters. The lowest BCUT2D eigenvalue weighted by Crippen LogP contribution is -2.44. The van der Waals surface area contributed by atoms with Crippen LogP contribution in [0.3, 0.4) is 0 Å². The second-order valence-corrected chi connectivity index (χ2v) is 6.66. The lowest BCUT2D eigenvalue weighted by atomic mass is 9.93. The van der Waals surface area contributed by atoms with Gasteiger partial charge in [-0.15, -0.1) is 0 Å². The van der Waals surface area contributed by atoms with E-state index in [-0.39, 0.29) is 5.91 Å². The lowest BCUT2D eigenvalue weighted by Gasteiger charge is -2.31. The third-order valence-corrected chi connectivity index (χ3v) is 4.94. The van der Waals surface area contributed by atoms with Gasteiger partial charge in [-0.1, -0.05) is 26.7 Å². The zero-order valence-electron chi connectivity index (χ0n) is 14.5. The molecular weight excluding hydrogens is 262 g/mol. The topological polar surface area (TPSA) is 44.4 Å². The molecule has 21 heavy (non-hydrogen) atoms. The molecule has 0 aromatic carbocycles. The van der Waals surface area contributed by atoms with Crippen LogP contribution in [0.2, 0.25) is 0 Å². The van der Waals surface area contributed by atoms with Gasteiger partial charge in [-0.2, -0.15) is 0 Å². The van der Waals surface area contributed by atoms with Gasteiger partial charge in [0.25, 0.3) is 0 Å². The van der Waals surface area contributed by atoms with Gasteiger partial charge >= 0.3 is 0 Å². The lowest BCUT2D eigenvalue weighted by molar-refractivity contribution is -0.121. The molecular formula is C17H35N3O. The van der Waals surface area contributed by atoms with Crippen molar-refractivity contribution in [2.24, 2.45) is 11.8 Å². The van der Waals surface area contributed by atoms with Crippen molar-refractivity contribution in [2.75, 3.05) is 33.7 Å². The van der Waals surface area contributed by atoms with Gasteiger partial charge in [0.2, 0.25) is 5.91 Å². The molecule has 1 saturated heterocycles. The van der Waals surface area contributed by atoms with E-state index < -0.39 is 0 Å². The molecule has 1 aliphatic heterocycles. The first kappa shape index (κ1) is 18.4. The van der Waals surface area contributed by atoms with Crippen LogP contribution in [0.25, 0.3) is 0 Å². The summed E-state index contributed by atoms with van der Waals surface area (Å²) in [6.07, 6.45) is 6.57. The fourth-order valence-electron chi connectivity index (χ4n) is 3.42. The highest BCUT2D eigenvalue weighted by Crippen LogP contribution is 2.17. The summed E-state index contributed by atoms with van der Waals surface area (Å²) in [5, 5.41) is 6.57. The molecule has 2 atom stereocenters. The highest BCUT2D eigenvalue weighted by atomic mass is 16.1. The highest BCUT2D eigenvalue weighted by Gasteiger charge is 2.21. The Kier molecular flexibility index (Phi) is 8.93. The van der Waals surface area contributed by atoms with Gasteiger partial charge in [0.15, 0.2) is 0 Å². The molecule has 124 valence electrons. The number of piperidine rings is 1. The normalized spacial score (nSPS) is 20.8. The van der Waals surface area contributed by atoms with Crippen molar-refractivity contribution in [2.45, 2.75) is 58.4 Å². The Balaban J connectivity index is 2.28. The summed E-state index contributed by atoms with van der Waals surface area (Å²) in [6, 6.07) is 0.445. The Hall–Kier alpha value is -0.610. The molecule has 1 heterocycles. The SMILES string of the molecule is CCC(CC)C(CNC(=O)CCC1CCCNC1)N(C)C. The minimum absolute atomic E-state index is 0.221. The quantitative estimate of drug-likeness (QED) is 0.686. The Labute approximate surface area is 131 Å². The summed E-state index contributed by atoms with van der Waals surface area (Å²) in [6.45, 7) is 7.48. The number of nitrogens with one attached hydrogen (secondary N) is 2. The number of likely N-dealkylation sites (N-methyl/N-ethyl adjacent to an activating group) is 1. The van der Waals surface area contributed by atoms with Crippen molar-refractivity contribution in [1.82, 2.24) is 15.5 Å². The molecule has 1 rings (SSSR count). The van der Waals surface area contributed by atoms with E-state index in [2.05, 4.69) is 43.5 Å². The predicted octanol–water partition coefficient (Wildman–Crippen LogP) is 2.25. The third-order valence-electron chi connectivity index (χ3n) is 4.94. The molecule has 4 nitrogen and oxygen atoms in total. The van der Waals surface area contributed by atoms with Crippen LogP contribution in [0.4, 0.5) is 0 Å². The first-order valence-corrected chi connectivity index (χ1v) is 8.72. The number of amides is 1. The first-order chi connectivity index (χ1) is 10.1. The molecule has 0 radical (unpaired) electrons. The van der Waals surface area contributed by atoms with Gasteiger partial charge in [-0.05, 0) is 58.3 Å². The maximum Gasteiger partial charge on any atom is 0.220 e. The summed E-state index contributed by atoms with van der Waals surface area (Å²) < 4.78 is 0. The molecule has 1 aliphatic rings. The Morgan fingerprint density at radius 2 is 2.05 bits per heavy atom. The van der Waals surface area contributed by atoms with Crippen LogP contribution in [0.1, 0.15) is 52.4 Å². The maximum atomic E-state index is 12.1. The van der Waals surface area contributed by atoms with Crippen LogP contribution >= 0.6 is 0 Å². The second kappa shape index (κ2) is 10.2. The molecule has 0 aromatic rings. The van der Waals surface area contributed by atoms with Gasteiger partial charge < -0.3 is 15.5 Å². The standard InChI is InChI=1S/C17H35N3O/c1-5-15(6-2)16(20(3)4)13-19-17(21)10-9-14-8-7-11-18-12-14/h14-16,18H,5-13H2,1-4H3,(H,19,21). The zero-order valence-corrected chi connectivity index (χ0v) is 14.5. The van der Waals surface area contributed by atoms with Crippen molar-refractivity contribution in [1.29, 1.82) is 0 Å². The highest BCUT2D eigenvalue weighted by molar-refractivity contribution is 5.75. The summed E-state index contributed by atoms with van der Waals surface area (Å²) >= 11 is 0. The summed E-state index contributed by atoms with van der Waals surface area (Å²) in [4.78, 5) is 14.3. The molecule has 4 heteroatoms. The van der Waals surface area contributed by atoms with Crippen LogP contribution in [0, 0.1) is 11.8 Å². The zero-order chi connectivity index (χ0) is 15.7. The predicted molar refractivity (Wildman–Crippen MR) is 89.4 cm³/mol. The number of rotatable bonds is 9. The van der Waals surface area contributed by atoms with Gasteiger partial charge in [-0.25, -0.2) is 0 Å². The Bertz CT molecular complexity index is 284. The number of carbonyl (C=O) groups is 1. The second-order valence-electron chi connectivity index (χ2n) is 6.66. The van der Waals surface area contributed by atoms with Gasteiger partial charge in [-0.3, -0.25) is 4.79 Å². The molecule has 0 bridgehead atoms. The summed E-state index contributed by atoms with van der Waals surface area (Å²) in [5.41, 5.74) is 0. The van der Waals surface area contributed by atoms with Crippen LogP contribution in [-0.2, 0) is 4.79 Å². The van der Waals surface area contributed by atoms with E-state index in [9.17, 15) is 4.79 Å². The molecule has 2 N–H and O–H groups in total. The van der Waals surface area contributed by atoms with Crippen molar-refractivity contribution in [3.8, 4) is 0 Å². The number of nitrogens with zero attached hydrogens (tertiary/aromatic N) is 1. The molecule has 0 aliphatic carbocycles. The van der Waals surface area contributed by atoms with E-state index >= 15 is 0 Å². The van der Waals surface area contributed by atoms with E-state index in [0.717, 1.165) is 26.1 Å². The molecule has 0 spiro atoms. The molecule has 1 fully saturated rings. The third kappa shape index (κ3) is 6.79. The fraction of sp³-hybridized carbons (Fsp3) is 0.941. The van der Waals surface area contributed by atoms with E-state index in [4.69, 9.17) is 0 Å². The van der Waals surface area contributed by atoms with Crippen molar-refractivity contribution in [3.05, 3.63) is 0 Å². The van der Waals surface area contributed by atoms with Crippen LogP contribution in [0.15, 0.2) is 0 Å². The maximum absolute atomic E-state index is 12.1.